The van der Waals surface area contributed by atoms with Gasteiger partial charge in [0.2, 0.25) is 0 Å². The third kappa shape index (κ3) is 3.66. The molecule has 0 saturated heterocycles. The van der Waals surface area contributed by atoms with Crippen LogP contribution in [0.2, 0.25) is 0 Å². The first kappa shape index (κ1) is 15.6. The Morgan fingerprint density at radius 2 is 2.14 bits per heavy atom. The molecule has 0 N–H and O–H groups in total. The zero-order valence-electron chi connectivity index (χ0n) is 13.0. The van der Waals surface area contributed by atoms with Gasteiger partial charge < -0.3 is 9.32 Å². The summed E-state index contributed by atoms with van der Waals surface area (Å²) in [5.41, 5.74) is -0.210. The predicted octanol–water partition coefficient (Wildman–Crippen LogP) is 2.99. The van der Waals surface area contributed by atoms with Crippen molar-refractivity contribution in [3.8, 4) is 0 Å². The van der Waals surface area contributed by atoms with E-state index in [-0.39, 0.29) is 11.4 Å². The summed E-state index contributed by atoms with van der Waals surface area (Å²) < 4.78 is 6.66. The first-order valence-corrected chi connectivity index (χ1v) is 7.62. The smallest absolute Gasteiger partial charge is 0.346 e. The lowest BCUT2D eigenvalue weighted by atomic mass is 9.96. The van der Waals surface area contributed by atoms with Crippen LogP contribution in [0.1, 0.15) is 32.4 Å². The molecule has 1 amide bonds. The molecule has 21 heavy (non-hydrogen) atoms. The van der Waals surface area contributed by atoms with E-state index in [4.69, 9.17) is 4.42 Å². The van der Waals surface area contributed by atoms with Crippen molar-refractivity contribution in [2.45, 2.75) is 37.1 Å². The molecular weight excluding hydrogens is 288 g/mol. The van der Waals surface area contributed by atoms with Crippen molar-refractivity contribution in [1.82, 2.24) is 19.7 Å². The van der Waals surface area contributed by atoms with Gasteiger partial charge in [0.1, 0.15) is 5.76 Å². The zero-order chi connectivity index (χ0) is 15.6. The Balaban J connectivity index is 2.28. The summed E-state index contributed by atoms with van der Waals surface area (Å²) in [6.45, 7) is 6.06. The molecule has 0 radical (unpaired) electrons. The maximum atomic E-state index is 12.2. The quantitative estimate of drug-likeness (QED) is 0.816. The van der Waals surface area contributed by atoms with Gasteiger partial charge in [-0.25, -0.2) is 9.78 Å². The fraction of sp³-hybridized carbons (Fsp3) is 0.500. The van der Waals surface area contributed by atoms with Crippen molar-refractivity contribution in [2.75, 3.05) is 14.1 Å². The highest BCUT2D eigenvalue weighted by Gasteiger charge is 2.25. The average molecular weight is 308 g/mol. The van der Waals surface area contributed by atoms with Crippen LogP contribution in [-0.2, 0) is 11.2 Å². The van der Waals surface area contributed by atoms with Crippen molar-refractivity contribution in [2.24, 2.45) is 0 Å². The Morgan fingerprint density at radius 3 is 2.67 bits per heavy atom. The Labute approximate surface area is 128 Å². The van der Waals surface area contributed by atoms with E-state index in [0.29, 0.717) is 16.7 Å². The van der Waals surface area contributed by atoms with Gasteiger partial charge in [0, 0.05) is 19.5 Å². The minimum atomic E-state index is -0.210. The number of nitrogens with zero attached hydrogens (tertiary/aromatic N) is 4. The molecule has 2 heterocycles. The molecular formula is C14H20N4O2S. The normalized spacial score (nSPS) is 11.7. The van der Waals surface area contributed by atoms with Crippen LogP contribution < -0.4 is 0 Å². The highest BCUT2D eigenvalue weighted by molar-refractivity contribution is 7.98. The minimum absolute atomic E-state index is 0.208. The number of hydrogen-bond donors (Lipinski definition) is 0. The lowest BCUT2D eigenvalue weighted by Gasteiger charge is -2.13. The molecule has 2 aromatic rings. The number of rotatable bonds is 3. The van der Waals surface area contributed by atoms with E-state index < -0.39 is 0 Å². The molecule has 2 aromatic heterocycles. The Kier molecular flexibility index (Phi) is 4.41. The van der Waals surface area contributed by atoms with Crippen LogP contribution in [0, 0.1) is 0 Å². The molecule has 0 bridgehead atoms. The first-order chi connectivity index (χ1) is 9.79. The lowest BCUT2D eigenvalue weighted by Crippen LogP contribution is -2.29. The summed E-state index contributed by atoms with van der Waals surface area (Å²) >= 11 is 1.44. The van der Waals surface area contributed by atoms with E-state index >= 15 is 0 Å². The first-order valence-electron chi connectivity index (χ1n) is 6.63. The second-order valence-corrected chi connectivity index (χ2v) is 6.87. The van der Waals surface area contributed by atoms with Crippen molar-refractivity contribution >= 4 is 17.8 Å². The van der Waals surface area contributed by atoms with Gasteiger partial charge in [-0.05, 0) is 12.1 Å². The van der Waals surface area contributed by atoms with E-state index in [1.807, 2.05) is 32.9 Å². The maximum absolute atomic E-state index is 12.2. The number of thioether (sulfide) groups is 1. The summed E-state index contributed by atoms with van der Waals surface area (Å²) in [6, 6.07) is 3.53. The summed E-state index contributed by atoms with van der Waals surface area (Å²) in [5.74, 6) is 2.10. The van der Waals surface area contributed by atoms with Crippen LogP contribution in [0.4, 0.5) is 4.79 Å². The van der Waals surface area contributed by atoms with Crippen LogP contribution in [0.25, 0.3) is 0 Å². The fourth-order valence-corrected chi connectivity index (χ4v) is 2.38. The van der Waals surface area contributed by atoms with Crippen LogP contribution in [0.15, 0.2) is 28.0 Å². The van der Waals surface area contributed by atoms with Crippen LogP contribution in [-0.4, -0.2) is 39.8 Å². The average Bonchev–Trinajstić information content (AvgIpc) is 3.03. The highest BCUT2D eigenvalue weighted by atomic mass is 32.2. The summed E-state index contributed by atoms with van der Waals surface area (Å²) in [7, 11) is 3.39. The highest BCUT2D eigenvalue weighted by Crippen LogP contribution is 2.26. The van der Waals surface area contributed by atoms with Crippen LogP contribution >= 0.6 is 11.8 Å². The second-order valence-electron chi connectivity index (χ2n) is 5.92. The van der Waals surface area contributed by atoms with Crippen LogP contribution in [0.5, 0.6) is 0 Å². The monoisotopic (exact) mass is 308 g/mol. The van der Waals surface area contributed by atoms with Crippen molar-refractivity contribution in [3.63, 3.8) is 0 Å². The third-order valence-electron chi connectivity index (χ3n) is 2.74. The maximum Gasteiger partial charge on any atom is 0.346 e. The molecule has 114 valence electrons. The van der Waals surface area contributed by atoms with Gasteiger partial charge in [0.15, 0.2) is 11.0 Å². The standard InChI is InChI=1S/C14H20N4O2S/c1-14(2,3)11-15-12(18(16-11)13(19)17(4)5)21-9-10-7-6-8-20-10/h6-8H,9H2,1-5H3. The Morgan fingerprint density at radius 1 is 1.43 bits per heavy atom. The molecule has 6 nitrogen and oxygen atoms in total. The number of hydrogen-bond acceptors (Lipinski definition) is 5. The lowest BCUT2D eigenvalue weighted by molar-refractivity contribution is 0.213. The molecule has 0 aliphatic rings. The number of carbonyl (C=O) groups excluding carboxylic acids is 1. The van der Waals surface area contributed by atoms with Gasteiger partial charge in [-0.2, -0.15) is 4.68 Å². The summed E-state index contributed by atoms with van der Waals surface area (Å²) in [4.78, 5) is 18.2. The van der Waals surface area contributed by atoms with E-state index in [1.165, 1.54) is 21.3 Å². The van der Waals surface area contributed by atoms with Gasteiger partial charge in [0.25, 0.3) is 0 Å². The Hall–Kier alpha value is -1.76. The van der Waals surface area contributed by atoms with Gasteiger partial charge in [0.05, 0.1) is 12.0 Å². The molecule has 0 fully saturated rings. The second kappa shape index (κ2) is 5.93. The van der Waals surface area contributed by atoms with E-state index in [9.17, 15) is 4.79 Å². The van der Waals surface area contributed by atoms with Gasteiger partial charge in [-0.3, -0.25) is 0 Å². The molecule has 7 heteroatoms. The number of furan rings is 1. The number of carbonyl (C=O) groups is 1. The SMILES string of the molecule is CN(C)C(=O)n1nc(C(C)(C)C)nc1SCc1ccco1. The number of amides is 1. The minimum Gasteiger partial charge on any atom is -0.468 e. The molecule has 0 aliphatic carbocycles. The van der Waals surface area contributed by atoms with Gasteiger partial charge in [-0.15, -0.1) is 5.10 Å². The van der Waals surface area contributed by atoms with Crippen molar-refractivity contribution < 1.29 is 9.21 Å². The van der Waals surface area contributed by atoms with Gasteiger partial charge in [-0.1, -0.05) is 32.5 Å². The summed E-state index contributed by atoms with van der Waals surface area (Å²) in [5, 5.41) is 4.94. The zero-order valence-corrected chi connectivity index (χ0v) is 13.8. The van der Waals surface area contributed by atoms with E-state index in [1.54, 1.807) is 20.4 Å². The third-order valence-corrected chi connectivity index (χ3v) is 3.69. The van der Waals surface area contributed by atoms with E-state index in [0.717, 1.165) is 5.76 Å². The predicted molar refractivity (Wildman–Crippen MR) is 81.5 cm³/mol. The Bertz CT molecular complexity index is 611. The largest absolute Gasteiger partial charge is 0.468 e. The molecule has 0 saturated carbocycles. The molecule has 0 spiro atoms. The topological polar surface area (TPSA) is 64.2 Å². The molecule has 0 aliphatic heterocycles. The molecule has 2 rings (SSSR count). The fourth-order valence-electron chi connectivity index (χ4n) is 1.55. The van der Waals surface area contributed by atoms with Crippen molar-refractivity contribution in [1.29, 1.82) is 0 Å². The molecule has 0 unspecified atom stereocenters. The molecule has 0 aromatic carbocycles. The van der Waals surface area contributed by atoms with Crippen LogP contribution in [0.3, 0.4) is 0 Å². The summed E-state index contributed by atoms with van der Waals surface area (Å²) in [6.07, 6.45) is 1.63. The number of aromatic nitrogens is 3. The molecule has 0 atom stereocenters. The van der Waals surface area contributed by atoms with Gasteiger partial charge >= 0.3 is 6.03 Å². The van der Waals surface area contributed by atoms with E-state index in [2.05, 4.69) is 10.1 Å². The van der Waals surface area contributed by atoms with Crippen molar-refractivity contribution in [3.05, 3.63) is 30.0 Å².